The Kier molecular flexibility index (Phi) is 3.79. The molecule has 1 aromatic carbocycles. The van der Waals surface area contributed by atoms with Crippen LogP contribution >= 0.6 is 0 Å². The molecular weight excluding hydrogens is 226 g/mol. The molecule has 1 N–H and O–H groups in total. The van der Waals surface area contributed by atoms with Gasteiger partial charge in [-0.2, -0.15) is 5.26 Å². The molecule has 0 aromatic heterocycles. The van der Waals surface area contributed by atoms with Gasteiger partial charge in [0, 0.05) is 5.56 Å². The average Bonchev–Trinajstić information content (AvgIpc) is 2.32. The van der Waals surface area contributed by atoms with Crippen molar-refractivity contribution in [3.8, 4) is 6.07 Å². The third kappa shape index (κ3) is 3.00. The van der Waals surface area contributed by atoms with E-state index in [2.05, 4.69) is 5.32 Å². The Morgan fingerprint density at radius 2 is 2.12 bits per heavy atom. The number of nitrogens with one attached hydrogen (secondary N) is 1. The SMILES string of the molecule is CC[C@](C)(C#N)NC(=O)c1ccc(F)c(F)c1. The van der Waals surface area contributed by atoms with E-state index in [1.807, 2.05) is 6.07 Å². The number of amides is 1. The van der Waals surface area contributed by atoms with Crippen LogP contribution in [0.25, 0.3) is 0 Å². The Labute approximate surface area is 98.1 Å². The van der Waals surface area contributed by atoms with Gasteiger partial charge in [-0.1, -0.05) is 6.92 Å². The lowest BCUT2D eigenvalue weighted by Gasteiger charge is -2.21. The lowest BCUT2D eigenvalue weighted by atomic mass is 10.0. The summed E-state index contributed by atoms with van der Waals surface area (Å²) < 4.78 is 25.6. The van der Waals surface area contributed by atoms with E-state index < -0.39 is 23.1 Å². The van der Waals surface area contributed by atoms with Crippen LogP contribution in [0.3, 0.4) is 0 Å². The van der Waals surface area contributed by atoms with Gasteiger partial charge in [0.15, 0.2) is 11.6 Å². The van der Waals surface area contributed by atoms with Gasteiger partial charge in [0.2, 0.25) is 0 Å². The zero-order valence-corrected chi connectivity index (χ0v) is 9.55. The smallest absolute Gasteiger partial charge is 0.252 e. The number of nitriles is 1. The fourth-order valence-corrected chi connectivity index (χ4v) is 1.16. The number of halogens is 2. The van der Waals surface area contributed by atoms with Crippen LogP contribution in [0, 0.1) is 23.0 Å². The minimum absolute atomic E-state index is 0.0150. The molecule has 0 saturated carbocycles. The van der Waals surface area contributed by atoms with E-state index in [1.54, 1.807) is 13.8 Å². The summed E-state index contributed by atoms with van der Waals surface area (Å²) in [5.41, 5.74) is -1.03. The van der Waals surface area contributed by atoms with Gasteiger partial charge in [0.1, 0.15) is 5.54 Å². The molecule has 17 heavy (non-hydrogen) atoms. The monoisotopic (exact) mass is 238 g/mol. The van der Waals surface area contributed by atoms with Crippen LogP contribution in [0.5, 0.6) is 0 Å². The molecule has 0 aliphatic carbocycles. The van der Waals surface area contributed by atoms with E-state index in [4.69, 9.17) is 5.26 Å². The Bertz CT molecular complexity index is 482. The number of carbonyl (C=O) groups excluding carboxylic acids is 1. The van der Waals surface area contributed by atoms with Crippen molar-refractivity contribution in [1.82, 2.24) is 5.32 Å². The topological polar surface area (TPSA) is 52.9 Å². The lowest BCUT2D eigenvalue weighted by molar-refractivity contribution is 0.0922. The Morgan fingerprint density at radius 3 is 2.59 bits per heavy atom. The molecule has 1 atom stereocenters. The van der Waals surface area contributed by atoms with Crippen molar-refractivity contribution < 1.29 is 13.6 Å². The van der Waals surface area contributed by atoms with Crippen LogP contribution in [0.1, 0.15) is 30.6 Å². The van der Waals surface area contributed by atoms with Gasteiger partial charge in [0.05, 0.1) is 6.07 Å². The molecule has 0 spiro atoms. The first-order chi connectivity index (χ1) is 7.91. The third-order valence-electron chi connectivity index (χ3n) is 2.53. The molecule has 90 valence electrons. The van der Waals surface area contributed by atoms with Gasteiger partial charge in [-0.15, -0.1) is 0 Å². The van der Waals surface area contributed by atoms with Crippen LogP contribution < -0.4 is 5.32 Å². The van der Waals surface area contributed by atoms with Crippen LogP contribution in [-0.2, 0) is 0 Å². The van der Waals surface area contributed by atoms with E-state index in [-0.39, 0.29) is 5.56 Å². The molecule has 0 aliphatic heterocycles. The molecule has 0 heterocycles. The van der Waals surface area contributed by atoms with Crippen LogP contribution in [0.15, 0.2) is 18.2 Å². The lowest BCUT2D eigenvalue weighted by Crippen LogP contribution is -2.44. The summed E-state index contributed by atoms with van der Waals surface area (Å²) in [6.07, 6.45) is 0.416. The maximum atomic E-state index is 12.9. The average molecular weight is 238 g/mol. The number of hydrogen-bond donors (Lipinski definition) is 1. The molecule has 1 rings (SSSR count). The van der Waals surface area contributed by atoms with E-state index in [0.29, 0.717) is 6.42 Å². The first-order valence-electron chi connectivity index (χ1n) is 5.10. The largest absolute Gasteiger partial charge is 0.334 e. The van der Waals surface area contributed by atoms with E-state index in [1.165, 1.54) is 6.07 Å². The molecule has 0 bridgehead atoms. The van der Waals surface area contributed by atoms with Gasteiger partial charge in [-0.05, 0) is 31.5 Å². The minimum Gasteiger partial charge on any atom is -0.334 e. The maximum Gasteiger partial charge on any atom is 0.252 e. The highest BCUT2D eigenvalue weighted by Gasteiger charge is 2.24. The third-order valence-corrected chi connectivity index (χ3v) is 2.53. The highest BCUT2D eigenvalue weighted by atomic mass is 19.2. The molecule has 0 fully saturated rings. The van der Waals surface area contributed by atoms with Crippen molar-refractivity contribution in [1.29, 1.82) is 5.26 Å². The second-order valence-corrected chi connectivity index (χ2v) is 3.88. The Hall–Kier alpha value is -1.96. The van der Waals surface area contributed by atoms with Crippen molar-refractivity contribution in [3.05, 3.63) is 35.4 Å². The van der Waals surface area contributed by atoms with Crippen LogP contribution in [0.2, 0.25) is 0 Å². The number of benzene rings is 1. The summed E-state index contributed by atoms with van der Waals surface area (Å²) in [6.45, 7) is 3.31. The quantitative estimate of drug-likeness (QED) is 0.879. The fraction of sp³-hybridized carbons (Fsp3) is 0.333. The second-order valence-electron chi connectivity index (χ2n) is 3.88. The Morgan fingerprint density at radius 1 is 1.47 bits per heavy atom. The highest BCUT2D eigenvalue weighted by molar-refractivity contribution is 5.94. The van der Waals surface area contributed by atoms with E-state index >= 15 is 0 Å². The van der Waals surface area contributed by atoms with Crippen molar-refractivity contribution in [2.45, 2.75) is 25.8 Å². The van der Waals surface area contributed by atoms with Crippen molar-refractivity contribution in [2.75, 3.05) is 0 Å². The second kappa shape index (κ2) is 4.91. The first kappa shape index (κ1) is 13.1. The van der Waals surface area contributed by atoms with Crippen molar-refractivity contribution in [3.63, 3.8) is 0 Å². The van der Waals surface area contributed by atoms with Gasteiger partial charge < -0.3 is 5.32 Å². The van der Waals surface area contributed by atoms with E-state index in [0.717, 1.165) is 12.1 Å². The molecular formula is C12H12F2N2O. The number of nitrogens with zero attached hydrogens (tertiary/aromatic N) is 1. The predicted octanol–water partition coefficient (Wildman–Crippen LogP) is 2.39. The molecule has 0 radical (unpaired) electrons. The van der Waals surface area contributed by atoms with Gasteiger partial charge in [-0.25, -0.2) is 8.78 Å². The number of carbonyl (C=O) groups is 1. The molecule has 1 aromatic rings. The highest BCUT2D eigenvalue weighted by Crippen LogP contribution is 2.12. The summed E-state index contributed by atoms with van der Waals surface area (Å²) >= 11 is 0. The number of hydrogen-bond acceptors (Lipinski definition) is 2. The zero-order chi connectivity index (χ0) is 13.1. The molecule has 0 aliphatic rings. The summed E-state index contributed by atoms with van der Waals surface area (Å²) in [5, 5.41) is 11.3. The van der Waals surface area contributed by atoms with Gasteiger partial charge >= 0.3 is 0 Å². The maximum absolute atomic E-state index is 12.9. The van der Waals surface area contributed by atoms with Crippen LogP contribution in [-0.4, -0.2) is 11.4 Å². The summed E-state index contributed by atoms with van der Waals surface area (Å²) in [7, 11) is 0. The standard InChI is InChI=1S/C12H12F2N2O/c1-3-12(2,7-15)16-11(17)8-4-5-9(13)10(14)6-8/h4-6H,3H2,1-2H3,(H,16,17)/t12-/m1/s1. The number of rotatable bonds is 3. The van der Waals surface area contributed by atoms with Crippen LogP contribution in [0.4, 0.5) is 8.78 Å². The summed E-state index contributed by atoms with van der Waals surface area (Å²) in [4.78, 5) is 11.7. The summed E-state index contributed by atoms with van der Waals surface area (Å²) in [6, 6.07) is 4.80. The molecule has 0 unspecified atom stereocenters. The van der Waals surface area contributed by atoms with Gasteiger partial charge in [0.25, 0.3) is 5.91 Å². The minimum atomic E-state index is -1.09. The first-order valence-corrected chi connectivity index (χ1v) is 5.10. The molecule has 5 heteroatoms. The Balaban J connectivity index is 2.91. The zero-order valence-electron chi connectivity index (χ0n) is 9.55. The summed E-state index contributed by atoms with van der Waals surface area (Å²) in [5.74, 6) is -2.71. The molecule has 3 nitrogen and oxygen atoms in total. The van der Waals surface area contributed by atoms with Gasteiger partial charge in [-0.3, -0.25) is 4.79 Å². The normalized spacial score (nSPS) is 13.6. The van der Waals surface area contributed by atoms with Crippen molar-refractivity contribution in [2.24, 2.45) is 0 Å². The predicted molar refractivity (Wildman–Crippen MR) is 58.1 cm³/mol. The molecule has 1 amide bonds. The fourth-order valence-electron chi connectivity index (χ4n) is 1.16. The molecule has 0 saturated heterocycles. The van der Waals surface area contributed by atoms with Crippen molar-refractivity contribution >= 4 is 5.91 Å². The van der Waals surface area contributed by atoms with E-state index in [9.17, 15) is 13.6 Å².